The molecule has 0 rings (SSSR count). The highest BCUT2D eigenvalue weighted by Crippen LogP contribution is 1.70. The average molecular weight is 159 g/mol. The lowest BCUT2D eigenvalue weighted by atomic mass is 10.5. The minimum Gasteiger partial charge on any atom is -0.354 e. The van der Waals surface area contributed by atoms with Crippen molar-refractivity contribution in [3.8, 4) is 0 Å². The van der Waals surface area contributed by atoms with Crippen molar-refractivity contribution in [2.45, 2.75) is 0 Å². The highest BCUT2D eigenvalue weighted by atomic mass is 16.1. The van der Waals surface area contributed by atoms with Gasteiger partial charge in [-0.25, -0.2) is 0 Å². The van der Waals surface area contributed by atoms with Gasteiger partial charge in [0, 0.05) is 13.1 Å². The summed E-state index contributed by atoms with van der Waals surface area (Å²) in [4.78, 5) is 12.9. The Labute approximate surface area is 67.9 Å². The highest BCUT2D eigenvalue weighted by Gasteiger charge is 1.96. The van der Waals surface area contributed by atoms with Gasteiger partial charge < -0.3 is 15.5 Å². The predicted octanol–water partition coefficient (Wildman–Crippen LogP) is -1.12. The van der Waals surface area contributed by atoms with E-state index in [2.05, 4.69) is 10.6 Å². The summed E-state index contributed by atoms with van der Waals surface area (Å²) in [5.74, 6) is 0.0503. The van der Waals surface area contributed by atoms with Gasteiger partial charge >= 0.3 is 0 Å². The van der Waals surface area contributed by atoms with Crippen LogP contribution in [0.25, 0.3) is 0 Å². The van der Waals surface area contributed by atoms with Gasteiger partial charge in [0.25, 0.3) is 0 Å². The summed E-state index contributed by atoms with van der Waals surface area (Å²) in [6.45, 7) is 2.00. The van der Waals surface area contributed by atoms with Gasteiger partial charge in [-0.2, -0.15) is 0 Å². The van der Waals surface area contributed by atoms with Crippen molar-refractivity contribution in [1.82, 2.24) is 15.5 Å². The van der Waals surface area contributed by atoms with Gasteiger partial charge in [-0.1, -0.05) is 0 Å². The molecule has 1 amide bonds. The molecule has 4 nitrogen and oxygen atoms in total. The third-order valence-electron chi connectivity index (χ3n) is 1.22. The summed E-state index contributed by atoms with van der Waals surface area (Å²) >= 11 is 0. The lowest BCUT2D eigenvalue weighted by Gasteiger charge is -2.09. The number of carbonyl (C=O) groups is 1. The average Bonchev–Trinajstić information content (AvgIpc) is 1.87. The molecule has 0 aromatic rings. The molecule has 0 bridgehead atoms. The summed E-state index contributed by atoms with van der Waals surface area (Å²) in [5, 5.41) is 5.55. The van der Waals surface area contributed by atoms with E-state index in [0.717, 1.165) is 6.54 Å². The predicted molar refractivity (Wildman–Crippen MR) is 45.5 cm³/mol. The van der Waals surface area contributed by atoms with E-state index >= 15 is 0 Å². The molecule has 0 fully saturated rings. The first-order valence-electron chi connectivity index (χ1n) is 3.73. The molecule has 66 valence electrons. The molecule has 0 spiro atoms. The molecule has 0 aromatic heterocycles. The zero-order valence-electron chi connectivity index (χ0n) is 7.48. The summed E-state index contributed by atoms with van der Waals surface area (Å²) < 4.78 is 0. The molecule has 2 N–H and O–H groups in total. The summed E-state index contributed by atoms with van der Waals surface area (Å²) in [6.07, 6.45) is 0. The Morgan fingerprint density at radius 2 is 2.09 bits per heavy atom. The number of likely N-dealkylation sites (N-methyl/N-ethyl adjacent to an activating group) is 2. The first-order valence-corrected chi connectivity index (χ1v) is 3.73. The van der Waals surface area contributed by atoms with Crippen LogP contribution in [0.15, 0.2) is 0 Å². The number of nitrogens with one attached hydrogen (secondary N) is 2. The zero-order chi connectivity index (χ0) is 8.69. The number of rotatable bonds is 5. The largest absolute Gasteiger partial charge is 0.354 e. The fourth-order valence-electron chi connectivity index (χ4n) is 0.642. The Hall–Kier alpha value is -0.610. The first-order chi connectivity index (χ1) is 5.16. The minimum atomic E-state index is 0.0503. The van der Waals surface area contributed by atoms with Crippen molar-refractivity contribution >= 4 is 5.91 Å². The van der Waals surface area contributed by atoms with Crippen LogP contribution in [0.2, 0.25) is 0 Å². The number of nitrogens with zero attached hydrogens (tertiary/aromatic N) is 1. The maximum absolute atomic E-state index is 10.8. The Balaban J connectivity index is 3.17. The van der Waals surface area contributed by atoms with E-state index in [1.165, 1.54) is 0 Å². The molecule has 0 unspecified atom stereocenters. The normalized spacial score (nSPS) is 10.2. The minimum absolute atomic E-state index is 0.0503. The Kier molecular flexibility index (Phi) is 5.78. The molecule has 4 heteroatoms. The van der Waals surface area contributed by atoms with E-state index in [9.17, 15) is 4.79 Å². The van der Waals surface area contributed by atoms with Crippen LogP contribution in [-0.2, 0) is 4.79 Å². The first kappa shape index (κ1) is 10.4. The lowest BCUT2D eigenvalue weighted by Crippen LogP contribution is -2.36. The number of hydrogen-bond donors (Lipinski definition) is 2. The molecular formula is C7H17N3O. The van der Waals surface area contributed by atoms with E-state index < -0.39 is 0 Å². The molecule has 11 heavy (non-hydrogen) atoms. The Morgan fingerprint density at radius 3 is 2.55 bits per heavy atom. The van der Waals surface area contributed by atoms with Crippen molar-refractivity contribution in [1.29, 1.82) is 0 Å². The smallest absolute Gasteiger partial charge is 0.233 e. The quantitative estimate of drug-likeness (QED) is 0.534. The molecule has 0 aliphatic rings. The van der Waals surface area contributed by atoms with Crippen molar-refractivity contribution in [2.24, 2.45) is 0 Å². The van der Waals surface area contributed by atoms with Gasteiger partial charge in [-0.3, -0.25) is 4.79 Å². The number of carbonyl (C=O) groups excluding carboxylic acids is 1. The monoisotopic (exact) mass is 159 g/mol. The second-order valence-corrected chi connectivity index (χ2v) is 2.68. The van der Waals surface area contributed by atoms with Crippen LogP contribution < -0.4 is 10.6 Å². The molecule has 0 aliphatic carbocycles. The summed E-state index contributed by atoms with van der Waals surface area (Å²) in [6, 6.07) is 0. The van der Waals surface area contributed by atoms with E-state index in [0.29, 0.717) is 13.1 Å². The topological polar surface area (TPSA) is 44.4 Å². The summed E-state index contributed by atoms with van der Waals surface area (Å²) in [7, 11) is 5.71. The van der Waals surface area contributed by atoms with E-state index in [1.54, 1.807) is 7.05 Å². The van der Waals surface area contributed by atoms with Crippen LogP contribution in [0.1, 0.15) is 0 Å². The third kappa shape index (κ3) is 7.29. The molecule has 0 radical (unpaired) electrons. The van der Waals surface area contributed by atoms with E-state index in [4.69, 9.17) is 0 Å². The van der Waals surface area contributed by atoms with Crippen molar-refractivity contribution in [3.63, 3.8) is 0 Å². The highest BCUT2D eigenvalue weighted by molar-refractivity contribution is 5.77. The Morgan fingerprint density at radius 1 is 1.45 bits per heavy atom. The lowest BCUT2D eigenvalue weighted by molar-refractivity contribution is -0.120. The maximum Gasteiger partial charge on any atom is 0.233 e. The summed E-state index contributed by atoms with van der Waals surface area (Å²) in [5.41, 5.74) is 0. The Bertz CT molecular complexity index is 114. The fraction of sp³-hybridized carbons (Fsp3) is 0.857. The van der Waals surface area contributed by atoms with Gasteiger partial charge in [0.2, 0.25) is 5.91 Å². The third-order valence-corrected chi connectivity index (χ3v) is 1.22. The molecule has 0 atom stereocenters. The second-order valence-electron chi connectivity index (χ2n) is 2.68. The van der Waals surface area contributed by atoms with Crippen LogP contribution in [0, 0.1) is 0 Å². The molecular weight excluding hydrogens is 142 g/mol. The van der Waals surface area contributed by atoms with Crippen LogP contribution in [0.4, 0.5) is 0 Å². The molecule has 0 saturated heterocycles. The second kappa shape index (κ2) is 6.12. The van der Waals surface area contributed by atoms with Gasteiger partial charge in [0.15, 0.2) is 0 Å². The van der Waals surface area contributed by atoms with Gasteiger partial charge in [-0.15, -0.1) is 0 Å². The number of hydrogen-bond acceptors (Lipinski definition) is 3. The molecule has 0 aliphatic heterocycles. The van der Waals surface area contributed by atoms with Gasteiger partial charge in [-0.05, 0) is 21.1 Å². The van der Waals surface area contributed by atoms with Crippen LogP contribution in [0.3, 0.4) is 0 Å². The van der Waals surface area contributed by atoms with E-state index in [-0.39, 0.29) is 5.91 Å². The zero-order valence-corrected chi connectivity index (χ0v) is 7.48. The SMILES string of the molecule is CNCC(=O)NCCN(C)C. The number of amides is 1. The maximum atomic E-state index is 10.8. The van der Waals surface area contributed by atoms with Crippen LogP contribution >= 0.6 is 0 Å². The van der Waals surface area contributed by atoms with Crippen molar-refractivity contribution in [3.05, 3.63) is 0 Å². The molecule has 0 heterocycles. The van der Waals surface area contributed by atoms with Crippen LogP contribution in [-0.4, -0.2) is 51.6 Å². The fourth-order valence-corrected chi connectivity index (χ4v) is 0.642. The van der Waals surface area contributed by atoms with Gasteiger partial charge in [0.1, 0.15) is 0 Å². The van der Waals surface area contributed by atoms with E-state index in [1.807, 2.05) is 19.0 Å². The molecule has 0 aromatic carbocycles. The van der Waals surface area contributed by atoms with Crippen LogP contribution in [0.5, 0.6) is 0 Å². The van der Waals surface area contributed by atoms with Gasteiger partial charge in [0.05, 0.1) is 6.54 Å². The van der Waals surface area contributed by atoms with Crippen molar-refractivity contribution < 1.29 is 4.79 Å². The van der Waals surface area contributed by atoms with Crippen molar-refractivity contribution in [2.75, 3.05) is 40.8 Å². The standard InChI is InChI=1S/C7H17N3O/c1-8-6-7(11)9-4-5-10(2)3/h8H,4-6H2,1-3H3,(H,9,11). The molecule has 0 saturated carbocycles.